The van der Waals surface area contributed by atoms with Gasteiger partial charge in [0.1, 0.15) is 11.1 Å². The fourth-order valence-electron chi connectivity index (χ4n) is 1.50. The second kappa shape index (κ2) is 5.58. The van der Waals surface area contributed by atoms with Crippen LogP contribution in [0.1, 0.15) is 42.0 Å². The molecular formula is C11H20N2OS. The molecule has 86 valence electrons. The number of aryl methyl sites for hydroxylation is 1. The SMILES string of the molecule is Cc1nc(C(O)CC(C)C)sc1CCN. The Hall–Kier alpha value is -0.450. The minimum absolute atomic E-state index is 0.416. The first-order valence-corrected chi connectivity index (χ1v) is 6.20. The van der Waals surface area contributed by atoms with Crippen molar-refractivity contribution in [3.8, 4) is 0 Å². The van der Waals surface area contributed by atoms with Crippen LogP contribution in [0.25, 0.3) is 0 Å². The van der Waals surface area contributed by atoms with Crippen LogP contribution in [0.4, 0.5) is 0 Å². The highest BCUT2D eigenvalue weighted by atomic mass is 32.1. The highest BCUT2D eigenvalue weighted by Gasteiger charge is 2.15. The number of aliphatic hydroxyl groups is 1. The van der Waals surface area contributed by atoms with Gasteiger partial charge in [0, 0.05) is 4.88 Å². The number of hydrogen-bond acceptors (Lipinski definition) is 4. The van der Waals surface area contributed by atoms with Gasteiger partial charge in [-0.3, -0.25) is 0 Å². The molecule has 0 spiro atoms. The maximum absolute atomic E-state index is 9.91. The predicted molar refractivity (Wildman–Crippen MR) is 64.0 cm³/mol. The third kappa shape index (κ3) is 3.55. The summed E-state index contributed by atoms with van der Waals surface area (Å²) in [4.78, 5) is 5.60. The molecule has 0 bridgehead atoms. The van der Waals surface area contributed by atoms with Crippen molar-refractivity contribution in [1.29, 1.82) is 0 Å². The van der Waals surface area contributed by atoms with Crippen LogP contribution in [-0.2, 0) is 6.42 Å². The van der Waals surface area contributed by atoms with E-state index in [1.807, 2.05) is 6.92 Å². The highest BCUT2D eigenvalue weighted by Crippen LogP contribution is 2.27. The number of rotatable bonds is 5. The maximum atomic E-state index is 9.91. The average Bonchev–Trinajstić information content (AvgIpc) is 2.47. The Morgan fingerprint density at radius 3 is 2.67 bits per heavy atom. The molecule has 4 heteroatoms. The summed E-state index contributed by atoms with van der Waals surface area (Å²) in [5.74, 6) is 0.488. The molecule has 0 aliphatic rings. The van der Waals surface area contributed by atoms with Gasteiger partial charge < -0.3 is 10.8 Å². The van der Waals surface area contributed by atoms with Crippen molar-refractivity contribution < 1.29 is 5.11 Å². The lowest BCUT2D eigenvalue weighted by molar-refractivity contribution is 0.150. The predicted octanol–water partition coefficient (Wildman–Crippen LogP) is 2.03. The average molecular weight is 228 g/mol. The summed E-state index contributed by atoms with van der Waals surface area (Å²) in [5.41, 5.74) is 6.53. The van der Waals surface area contributed by atoms with E-state index in [0.29, 0.717) is 12.5 Å². The number of aromatic nitrogens is 1. The van der Waals surface area contributed by atoms with Crippen LogP contribution < -0.4 is 5.73 Å². The molecule has 1 aromatic rings. The molecule has 1 aromatic heterocycles. The number of aliphatic hydroxyl groups excluding tert-OH is 1. The first-order valence-electron chi connectivity index (χ1n) is 5.39. The molecule has 15 heavy (non-hydrogen) atoms. The molecule has 1 atom stereocenters. The quantitative estimate of drug-likeness (QED) is 0.810. The molecular weight excluding hydrogens is 208 g/mol. The Morgan fingerprint density at radius 2 is 2.13 bits per heavy atom. The zero-order valence-corrected chi connectivity index (χ0v) is 10.5. The molecule has 1 rings (SSSR count). The van der Waals surface area contributed by atoms with E-state index >= 15 is 0 Å². The van der Waals surface area contributed by atoms with E-state index in [9.17, 15) is 5.11 Å². The summed E-state index contributed by atoms with van der Waals surface area (Å²) in [5, 5.41) is 10.8. The fraction of sp³-hybridized carbons (Fsp3) is 0.727. The molecule has 0 fully saturated rings. The third-order valence-corrected chi connectivity index (χ3v) is 3.58. The van der Waals surface area contributed by atoms with Gasteiger partial charge in [-0.15, -0.1) is 11.3 Å². The van der Waals surface area contributed by atoms with E-state index in [2.05, 4.69) is 18.8 Å². The van der Waals surface area contributed by atoms with Crippen molar-refractivity contribution in [2.75, 3.05) is 6.54 Å². The van der Waals surface area contributed by atoms with Crippen molar-refractivity contribution in [1.82, 2.24) is 4.98 Å². The van der Waals surface area contributed by atoms with E-state index in [-0.39, 0.29) is 0 Å². The second-order valence-corrected chi connectivity index (χ2v) is 5.36. The van der Waals surface area contributed by atoms with Crippen LogP contribution in [0, 0.1) is 12.8 Å². The van der Waals surface area contributed by atoms with E-state index in [1.165, 1.54) is 4.88 Å². The van der Waals surface area contributed by atoms with Gasteiger partial charge in [-0.1, -0.05) is 13.8 Å². The van der Waals surface area contributed by atoms with Gasteiger partial charge in [0.05, 0.1) is 5.69 Å². The van der Waals surface area contributed by atoms with Crippen LogP contribution in [0.15, 0.2) is 0 Å². The normalized spacial score (nSPS) is 13.5. The third-order valence-electron chi connectivity index (χ3n) is 2.26. The zero-order chi connectivity index (χ0) is 11.4. The summed E-state index contributed by atoms with van der Waals surface area (Å²) in [6, 6.07) is 0. The van der Waals surface area contributed by atoms with E-state index < -0.39 is 6.10 Å². The van der Waals surface area contributed by atoms with Crippen molar-refractivity contribution >= 4 is 11.3 Å². The van der Waals surface area contributed by atoms with Gasteiger partial charge in [0.25, 0.3) is 0 Å². The van der Waals surface area contributed by atoms with Crippen molar-refractivity contribution in [3.63, 3.8) is 0 Å². The summed E-state index contributed by atoms with van der Waals surface area (Å²) in [6.07, 6.45) is 1.22. The molecule has 1 heterocycles. The van der Waals surface area contributed by atoms with Gasteiger partial charge in [-0.2, -0.15) is 0 Å². The number of nitrogens with two attached hydrogens (primary N) is 1. The summed E-state index contributed by atoms with van der Waals surface area (Å²) >= 11 is 1.59. The second-order valence-electron chi connectivity index (χ2n) is 4.24. The minimum Gasteiger partial charge on any atom is -0.386 e. The van der Waals surface area contributed by atoms with Crippen LogP contribution in [-0.4, -0.2) is 16.6 Å². The molecule has 0 saturated carbocycles. The summed E-state index contributed by atoms with van der Waals surface area (Å²) in [6.45, 7) is 6.82. The van der Waals surface area contributed by atoms with Crippen molar-refractivity contribution in [2.24, 2.45) is 11.7 Å². The molecule has 1 unspecified atom stereocenters. The molecule has 0 radical (unpaired) electrons. The summed E-state index contributed by atoms with van der Waals surface area (Å²) in [7, 11) is 0. The van der Waals surface area contributed by atoms with Gasteiger partial charge in [-0.25, -0.2) is 4.98 Å². The maximum Gasteiger partial charge on any atom is 0.122 e. The number of nitrogens with zero attached hydrogens (tertiary/aromatic N) is 1. The molecule has 0 amide bonds. The van der Waals surface area contributed by atoms with Crippen LogP contribution in [0.3, 0.4) is 0 Å². The lowest BCUT2D eigenvalue weighted by Crippen LogP contribution is -2.01. The molecule has 0 aromatic carbocycles. The smallest absolute Gasteiger partial charge is 0.122 e. The molecule has 3 N–H and O–H groups in total. The largest absolute Gasteiger partial charge is 0.386 e. The molecule has 0 aliphatic heterocycles. The lowest BCUT2D eigenvalue weighted by atomic mass is 10.1. The number of hydrogen-bond donors (Lipinski definition) is 2. The molecule has 0 saturated heterocycles. The monoisotopic (exact) mass is 228 g/mol. The van der Waals surface area contributed by atoms with Crippen molar-refractivity contribution in [3.05, 3.63) is 15.6 Å². The van der Waals surface area contributed by atoms with Crippen LogP contribution in [0.2, 0.25) is 0 Å². The first kappa shape index (κ1) is 12.6. The Morgan fingerprint density at radius 1 is 1.47 bits per heavy atom. The Balaban J connectivity index is 2.73. The standard InChI is InChI=1S/C11H20N2OS/c1-7(2)6-9(14)11-13-8(3)10(15-11)4-5-12/h7,9,14H,4-6,12H2,1-3H3. The Labute approximate surface area is 95.3 Å². The minimum atomic E-state index is -0.416. The van der Waals surface area contributed by atoms with Crippen LogP contribution in [0.5, 0.6) is 0 Å². The van der Waals surface area contributed by atoms with Gasteiger partial charge >= 0.3 is 0 Å². The van der Waals surface area contributed by atoms with Crippen molar-refractivity contribution in [2.45, 2.75) is 39.7 Å². The van der Waals surface area contributed by atoms with E-state index in [1.54, 1.807) is 11.3 Å². The van der Waals surface area contributed by atoms with Gasteiger partial charge in [-0.05, 0) is 32.2 Å². The van der Waals surface area contributed by atoms with Gasteiger partial charge in [0.2, 0.25) is 0 Å². The van der Waals surface area contributed by atoms with E-state index in [0.717, 1.165) is 23.5 Å². The van der Waals surface area contributed by atoms with Gasteiger partial charge in [0.15, 0.2) is 0 Å². The Kier molecular flexibility index (Phi) is 4.70. The zero-order valence-electron chi connectivity index (χ0n) is 9.66. The van der Waals surface area contributed by atoms with Crippen LogP contribution >= 0.6 is 11.3 Å². The summed E-state index contributed by atoms with van der Waals surface area (Å²) < 4.78 is 0. The lowest BCUT2D eigenvalue weighted by Gasteiger charge is -2.09. The first-order chi connectivity index (χ1) is 7.04. The molecule has 0 aliphatic carbocycles. The highest BCUT2D eigenvalue weighted by molar-refractivity contribution is 7.11. The Bertz CT molecular complexity index is 310. The fourth-order valence-corrected chi connectivity index (χ4v) is 2.58. The molecule has 3 nitrogen and oxygen atoms in total. The van der Waals surface area contributed by atoms with E-state index in [4.69, 9.17) is 5.73 Å². The topological polar surface area (TPSA) is 59.1 Å². The number of thiazole rings is 1.